The van der Waals surface area contributed by atoms with Gasteiger partial charge in [-0.3, -0.25) is 4.99 Å². The number of rotatable bonds is 9. The van der Waals surface area contributed by atoms with Gasteiger partial charge in [0.1, 0.15) is 6.26 Å². The number of oxazole rings is 1. The maximum atomic E-state index is 5.58. The summed E-state index contributed by atoms with van der Waals surface area (Å²) in [5.74, 6) is 1.45. The minimum atomic E-state index is 0.661. The highest BCUT2D eigenvalue weighted by Gasteiger charge is 2.06. The Balaban J connectivity index is 1.73. The van der Waals surface area contributed by atoms with E-state index < -0.39 is 0 Å². The molecule has 0 saturated heterocycles. The van der Waals surface area contributed by atoms with Crippen LogP contribution in [-0.2, 0) is 11.2 Å². The van der Waals surface area contributed by atoms with Crippen molar-refractivity contribution in [1.82, 2.24) is 15.6 Å². The predicted octanol–water partition coefficient (Wildman–Crippen LogP) is 2.78. The molecule has 2 rings (SSSR count). The summed E-state index contributed by atoms with van der Waals surface area (Å²) in [5, 5.41) is 6.55. The van der Waals surface area contributed by atoms with Crippen molar-refractivity contribution in [2.24, 2.45) is 4.99 Å². The topological polar surface area (TPSA) is 71.7 Å². The van der Waals surface area contributed by atoms with Crippen LogP contribution in [-0.4, -0.2) is 44.3 Å². The summed E-state index contributed by atoms with van der Waals surface area (Å²) in [6, 6.07) is 8.17. The first-order valence-corrected chi connectivity index (χ1v) is 8.76. The number of nitrogens with one attached hydrogen (secondary N) is 2. The number of nitrogens with zero attached hydrogens (tertiary/aromatic N) is 2. The largest absolute Gasteiger partial charge is 0.444 e. The Kier molecular flexibility index (Phi) is 7.98. The van der Waals surface area contributed by atoms with E-state index in [-0.39, 0.29) is 0 Å². The van der Waals surface area contributed by atoms with Gasteiger partial charge in [-0.25, -0.2) is 4.98 Å². The third-order valence-electron chi connectivity index (χ3n) is 3.71. The number of aryl methyl sites for hydroxylation is 1. The lowest BCUT2D eigenvalue weighted by molar-refractivity contribution is 0.145. The first-order valence-electron chi connectivity index (χ1n) is 8.76. The lowest BCUT2D eigenvalue weighted by Gasteiger charge is -2.11. The average Bonchev–Trinajstić information content (AvgIpc) is 3.09. The van der Waals surface area contributed by atoms with Crippen LogP contribution < -0.4 is 10.6 Å². The Hall–Kier alpha value is -2.34. The fraction of sp³-hybridized carbons (Fsp3) is 0.474. The predicted molar refractivity (Wildman–Crippen MR) is 101 cm³/mol. The third-order valence-corrected chi connectivity index (χ3v) is 3.71. The van der Waals surface area contributed by atoms with Crippen LogP contribution >= 0.6 is 0 Å². The third kappa shape index (κ3) is 6.58. The van der Waals surface area contributed by atoms with E-state index in [1.807, 2.05) is 19.1 Å². The Morgan fingerprint density at radius 1 is 1.20 bits per heavy atom. The van der Waals surface area contributed by atoms with Gasteiger partial charge in [0.05, 0.1) is 5.69 Å². The second-order valence-electron chi connectivity index (χ2n) is 5.74. The zero-order chi connectivity index (χ0) is 17.9. The molecule has 0 atom stereocenters. The molecule has 136 valence electrons. The van der Waals surface area contributed by atoms with Crippen LogP contribution in [0.2, 0.25) is 0 Å². The van der Waals surface area contributed by atoms with Gasteiger partial charge in [-0.05, 0) is 32.4 Å². The highest BCUT2D eigenvalue weighted by molar-refractivity contribution is 5.79. The Labute approximate surface area is 149 Å². The van der Waals surface area contributed by atoms with Crippen molar-refractivity contribution in [2.75, 3.05) is 33.4 Å². The van der Waals surface area contributed by atoms with E-state index in [0.29, 0.717) is 5.89 Å². The highest BCUT2D eigenvalue weighted by atomic mass is 16.5. The second-order valence-corrected chi connectivity index (χ2v) is 5.74. The van der Waals surface area contributed by atoms with Crippen molar-refractivity contribution in [3.05, 3.63) is 41.8 Å². The smallest absolute Gasteiger partial charge is 0.226 e. The molecular formula is C19H28N4O2. The van der Waals surface area contributed by atoms with Crippen LogP contribution in [0.15, 0.2) is 39.9 Å². The van der Waals surface area contributed by atoms with Crippen LogP contribution in [0.1, 0.15) is 24.6 Å². The zero-order valence-electron chi connectivity index (χ0n) is 15.3. The van der Waals surface area contributed by atoms with Crippen molar-refractivity contribution >= 4 is 5.96 Å². The number of aromatic nitrogens is 1. The van der Waals surface area contributed by atoms with Gasteiger partial charge in [0.2, 0.25) is 5.89 Å². The summed E-state index contributed by atoms with van der Waals surface area (Å²) in [5.41, 5.74) is 3.14. The van der Waals surface area contributed by atoms with E-state index in [2.05, 4.69) is 39.7 Å². The molecule has 0 radical (unpaired) electrons. The van der Waals surface area contributed by atoms with Crippen molar-refractivity contribution < 1.29 is 9.15 Å². The van der Waals surface area contributed by atoms with Crippen LogP contribution in [0.3, 0.4) is 0 Å². The van der Waals surface area contributed by atoms with Crippen LogP contribution in [0.4, 0.5) is 0 Å². The van der Waals surface area contributed by atoms with Crippen LogP contribution in [0.25, 0.3) is 11.5 Å². The number of aliphatic imine (C=N–C) groups is 1. The SMILES string of the molecule is CCOCCCNC(=NC)NCCc1coc(-c2ccc(C)cc2)n1. The van der Waals surface area contributed by atoms with Gasteiger partial charge >= 0.3 is 0 Å². The molecule has 2 aromatic rings. The number of hydrogen-bond donors (Lipinski definition) is 2. The molecule has 0 aliphatic heterocycles. The monoisotopic (exact) mass is 344 g/mol. The molecule has 6 nitrogen and oxygen atoms in total. The van der Waals surface area contributed by atoms with E-state index in [1.54, 1.807) is 13.3 Å². The van der Waals surface area contributed by atoms with Gasteiger partial charge in [-0.15, -0.1) is 0 Å². The molecule has 6 heteroatoms. The van der Waals surface area contributed by atoms with E-state index in [9.17, 15) is 0 Å². The van der Waals surface area contributed by atoms with Crippen molar-refractivity contribution in [3.63, 3.8) is 0 Å². The highest BCUT2D eigenvalue weighted by Crippen LogP contribution is 2.19. The van der Waals surface area contributed by atoms with Gasteiger partial charge in [0.25, 0.3) is 0 Å². The second kappa shape index (κ2) is 10.5. The summed E-state index contributed by atoms with van der Waals surface area (Å²) < 4.78 is 10.9. The molecule has 0 spiro atoms. The standard InChI is InChI=1S/C19H28N4O2/c1-4-24-13-5-11-21-19(20-3)22-12-10-17-14-25-18(23-17)16-8-6-15(2)7-9-16/h6-9,14H,4-5,10-13H2,1-3H3,(H2,20,21,22). The van der Waals surface area contributed by atoms with Crippen LogP contribution in [0, 0.1) is 6.92 Å². The van der Waals surface area contributed by atoms with Crippen molar-refractivity contribution in [3.8, 4) is 11.5 Å². The molecule has 25 heavy (non-hydrogen) atoms. The number of guanidine groups is 1. The van der Waals surface area contributed by atoms with Crippen molar-refractivity contribution in [1.29, 1.82) is 0 Å². The average molecular weight is 344 g/mol. The fourth-order valence-corrected chi connectivity index (χ4v) is 2.31. The fourth-order valence-electron chi connectivity index (χ4n) is 2.31. The molecule has 0 bridgehead atoms. The quantitative estimate of drug-likeness (QED) is 0.416. The van der Waals surface area contributed by atoms with E-state index in [4.69, 9.17) is 9.15 Å². The first-order chi connectivity index (χ1) is 12.2. The summed E-state index contributed by atoms with van der Waals surface area (Å²) in [6.45, 7) is 7.17. The Morgan fingerprint density at radius 2 is 1.96 bits per heavy atom. The molecule has 0 fully saturated rings. The number of benzene rings is 1. The molecule has 0 amide bonds. The number of hydrogen-bond acceptors (Lipinski definition) is 4. The molecular weight excluding hydrogens is 316 g/mol. The van der Waals surface area contributed by atoms with E-state index in [1.165, 1.54) is 5.56 Å². The maximum absolute atomic E-state index is 5.58. The molecule has 0 aliphatic carbocycles. The molecule has 2 N–H and O–H groups in total. The molecule has 0 saturated carbocycles. The summed E-state index contributed by atoms with van der Waals surface area (Å²) in [4.78, 5) is 8.75. The number of ether oxygens (including phenoxy) is 1. The minimum absolute atomic E-state index is 0.661. The zero-order valence-corrected chi connectivity index (χ0v) is 15.3. The van der Waals surface area contributed by atoms with Gasteiger partial charge in [0.15, 0.2) is 5.96 Å². The Bertz CT molecular complexity index is 650. The summed E-state index contributed by atoms with van der Waals surface area (Å²) in [7, 11) is 1.77. The Morgan fingerprint density at radius 3 is 2.68 bits per heavy atom. The summed E-state index contributed by atoms with van der Waals surface area (Å²) >= 11 is 0. The lowest BCUT2D eigenvalue weighted by Crippen LogP contribution is -2.39. The van der Waals surface area contributed by atoms with Crippen molar-refractivity contribution in [2.45, 2.75) is 26.7 Å². The maximum Gasteiger partial charge on any atom is 0.226 e. The van der Waals surface area contributed by atoms with E-state index >= 15 is 0 Å². The molecule has 0 aliphatic rings. The molecule has 1 aromatic carbocycles. The molecule has 1 aromatic heterocycles. The van der Waals surface area contributed by atoms with Gasteiger partial charge in [0, 0.05) is 45.3 Å². The normalized spacial score (nSPS) is 11.6. The van der Waals surface area contributed by atoms with Gasteiger partial charge in [-0.2, -0.15) is 0 Å². The van der Waals surface area contributed by atoms with Gasteiger partial charge in [-0.1, -0.05) is 17.7 Å². The molecule has 0 unspecified atom stereocenters. The lowest BCUT2D eigenvalue weighted by atomic mass is 10.1. The molecule has 1 heterocycles. The van der Waals surface area contributed by atoms with Crippen LogP contribution in [0.5, 0.6) is 0 Å². The van der Waals surface area contributed by atoms with E-state index in [0.717, 1.165) is 56.4 Å². The minimum Gasteiger partial charge on any atom is -0.444 e. The van der Waals surface area contributed by atoms with Gasteiger partial charge < -0.3 is 19.8 Å². The summed E-state index contributed by atoms with van der Waals surface area (Å²) in [6.07, 6.45) is 3.45. The first kappa shape index (κ1) is 19.0.